The third kappa shape index (κ3) is 4.71. The number of aliphatic hydroxyl groups excluding tert-OH is 1. The highest BCUT2D eigenvalue weighted by Gasteiger charge is 2.20. The van der Waals surface area contributed by atoms with Crippen molar-refractivity contribution in [3.05, 3.63) is 99.6 Å². The number of halogens is 2. The van der Waals surface area contributed by atoms with Gasteiger partial charge in [0.25, 0.3) is 0 Å². The number of rotatable bonds is 5. The van der Waals surface area contributed by atoms with Crippen molar-refractivity contribution in [1.29, 1.82) is 0 Å². The lowest BCUT2D eigenvalue weighted by Gasteiger charge is -2.21. The lowest BCUT2D eigenvalue weighted by molar-refractivity contribution is 0.219. The molecule has 2 aromatic carbocycles. The van der Waals surface area contributed by atoms with Gasteiger partial charge in [-0.05, 0) is 53.8 Å². The summed E-state index contributed by atoms with van der Waals surface area (Å²) in [5.74, 6) is 0. The number of benzene rings is 2. The van der Waals surface area contributed by atoms with Crippen LogP contribution in [0.4, 0.5) is 10.5 Å². The van der Waals surface area contributed by atoms with Gasteiger partial charge in [-0.2, -0.15) is 10.1 Å². The molecule has 2 N–H and O–H groups in total. The first kappa shape index (κ1) is 21.3. The van der Waals surface area contributed by atoms with E-state index in [0.29, 0.717) is 34.4 Å². The van der Waals surface area contributed by atoms with Gasteiger partial charge in [-0.25, -0.2) is 9.78 Å². The van der Waals surface area contributed by atoms with Crippen LogP contribution >= 0.6 is 23.2 Å². The van der Waals surface area contributed by atoms with Crippen LogP contribution in [-0.2, 0) is 6.42 Å². The number of urea groups is 1. The minimum Gasteiger partial charge on any atom is -0.384 e. The summed E-state index contributed by atoms with van der Waals surface area (Å²) in [5, 5.41) is 19.9. The Kier molecular flexibility index (Phi) is 6.23. The van der Waals surface area contributed by atoms with Crippen molar-refractivity contribution in [1.82, 2.24) is 10.3 Å². The predicted octanol–water partition coefficient (Wildman–Crippen LogP) is 4.76. The molecule has 157 valence electrons. The number of carbonyl (C=O) groups excluding carboxylic acids is 1. The maximum absolute atomic E-state index is 12.0. The largest absolute Gasteiger partial charge is 0.384 e. The van der Waals surface area contributed by atoms with E-state index in [1.807, 2.05) is 24.3 Å². The standard InChI is InChI=1S/C23H19Cl2N4O2/c1-14-2-6-19(22(30)16-4-7-21(25)27-13-16)17(10-14)11-15-3-5-18(12-20(15)24)29-23(31)26-8-9-28-29/h2-7,9-10,12-13,22,30H,1,8,11H2,(H,26,31). The molecule has 1 radical (unpaired) electrons. The number of nitrogens with zero attached hydrogens (tertiary/aromatic N) is 3. The zero-order valence-corrected chi connectivity index (χ0v) is 17.9. The van der Waals surface area contributed by atoms with E-state index in [1.54, 1.807) is 36.7 Å². The fourth-order valence-corrected chi connectivity index (χ4v) is 3.74. The number of hydrazone groups is 1. The molecular weight excluding hydrogens is 435 g/mol. The van der Waals surface area contributed by atoms with Crippen LogP contribution in [0.3, 0.4) is 0 Å². The molecule has 3 aromatic rings. The Morgan fingerprint density at radius 3 is 2.68 bits per heavy atom. The number of aliphatic hydroxyl groups is 1. The van der Waals surface area contributed by atoms with Gasteiger partial charge in [-0.1, -0.05) is 53.5 Å². The lowest BCUT2D eigenvalue weighted by Crippen LogP contribution is -2.41. The van der Waals surface area contributed by atoms with Crippen molar-refractivity contribution in [2.24, 2.45) is 5.10 Å². The van der Waals surface area contributed by atoms with Gasteiger partial charge >= 0.3 is 6.03 Å². The summed E-state index contributed by atoms with van der Waals surface area (Å²) in [6.45, 7) is 4.40. The first-order valence-electron chi connectivity index (χ1n) is 9.55. The molecule has 0 spiro atoms. The number of hydrogen-bond acceptors (Lipinski definition) is 4. The third-order valence-electron chi connectivity index (χ3n) is 4.96. The van der Waals surface area contributed by atoms with Crippen molar-refractivity contribution in [2.75, 3.05) is 11.6 Å². The summed E-state index contributed by atoms with van der Waals surface area (Å²) in [7, 11) is 0. The van der Waals surface area contributed by atoms with Gasteiger partial charge in [-0.15, -0.1) is 0 Å². The summed E-state index contributed by atoms with van der Waals surface area (Å²) >= 11 is 12.4. The van der Waals surface area contributed by atoms with Crippen LogP contribution < -0.4 is 10.3 Å². The highest BCUT2D eigenvalue weighted by Crippen LogP contribution is 2.31. The quantitative estimate of drug-likeness (QED) is 0.546. The fraction of sp³-hybridized carbons (Fsp3) is 0.130. The molecule has 4 rings (SSSR count). The van der Waals surface area contributed by atoms with Crippen molar-refractivity contribution < 1.29 is 9.90 Å². The highest BCUT2D eigenvalue weighted by molar-refractivity contribution is 6.31. The second-order valence-electron chi connectivity index (χ2n) is 7.10. The van der Waals surface area contributed by atoms with Gasteiger partial charge in [0.05, 0.1) is 12.2 Å². The van der Waals surface area contributed by atoms with Crippen LogP contribution in [0.2, 0.25) is 10.2 Å². The number of nitrogens with one attached hydrogen (secondary N) is 1. The lowest BCUT2D eigenvalue weighted by atomic mass is 9.92. The van der Waals surface area contributed by atoms with Crippen LogP contribution in [0.1, 0.15) is 33.9 Å². The molecule has 1 unspecified atom stereocenters. The van der Waals surface area contributed by atoms with Crippen molar-refractivity contribution >= 4 is 41.1 Å². The Bertz CT molecular complexity index is 1150. The van der Waals surface area contributed by atoms with Gasteiger partial charge in [0.1, 0.15) is 11.3 Å². The molecule has 0 saturated carbocycles. The molecule has 0 fully saturated rings. The molecule has 8 heteroatoms. The minimum absolute atomic E-state index is 0.307. The number of aromatic nitrogens is 1. The van der Waals surface area contributed by atoms with Crippen molar-refractivity contribution in [2.45, 2.75) is 12.5 Å². The van der Waals surface area contributed by atoms with E-state index < -0.39 is 6.10 Å². The Morgan fingerprint density at radius 2 is 1.97 bits per heavy atom. The summed E-state index contributed by atoms with van der Waals surface area (Å²) in [4.78, 5) is 16.1. The first-order chi connectivity index (χ1) is 14.9. The van der Waals surface area contributed by atoms with Crippen molar-refractivity contribution in [3.63, 3.8) is 0 Å². The van der Waals surface area contributed by atoms with Crippen LogP contribution in [0.25, 0.3) is 0 Å². The number of carbonyl (C=O) groups is 1. The predicted molar refractivity (Wildman–Crippen MR) is 123 cm³/mol. The molecule has 0 bridgehead atoms. The number of anilines is 1. The van der Waals surface area contributed by atoms with Crippen LogP contribution in [0, 0.1) is 6.92 Å². The van der Waals surface area contributed by atoms with Gasteiger partial charge in [0.2, 0.25) is 0 Å². The molecule has 1 aliphatic rings. The molecule has 2 heterocycles. The molecule has 2 amide bonds. The zero-order chi connectivity index (χ0) is 22.0. The smallest absolute Gasteiger partial charge is 0.342 e. The second kappa shape index (κ2) is 9.06. The average Bonchev–Trinajstić information content (AvgIpc) is 2.76. The molecule has 1 aromatic heterocycles. The Labute approximate surface area is 190 Å². The third-order valence-corrected chi connectivity index (χ3v) is 5.54. The van der Waals surface area contributed by atoms with Gasteiger partial charge < -0.3 is 10.4 Å². The van der Waals surface area contributed by atoms with E-state index in [-0.39, 0.29) is 6.03 Å². The Morgan fingerprint density at radius 1 is 1.13 bits per heavy atom. The van der Waals surface area contributed by atoms with E-state index in [9.17, 15) is 9.90 Å². The van der Waals surface area contributed by atoms with Crippen LogP contribution in [0.15, 0.2) is 59.8 Å². The van der Waals surface area contributed by atoms with Gasteiger partial charge in [-0.3, -0.25) is 0 Å². The fourth-order valence-electron chi connectivity index (χ4n) is 3.39. The van der Waals surface area contributed by atoms with Gasteiger partial charge in [0, 0.05) is 23.0 Å². The summed E-state index contributed by atoms with van der Waals surface area (Å²) in [6, 6.07) is 14.0. The molecule has 6 nitrogen and oxygen atoms in total. The van der Waals surface area contributed by atoms with Crippen LogP contribution in [-0.4, -0.2) is 28.9 Å². The topological polar surface area (TPSA) is 77.8 Å². The maximum Gasteiger partial charge on any atom is 0.342 e. The van der Waals surface area contributed by atoms with E-state index >= 15 is 0 Å². The van der Waals surface area contributed by atoms with E-state index in [0.717, 1.165) is 22.3 Å². The number of hydrogen-bond donors (Lipinski definition) is 2. The number of pyridine rings is 1. The SMILES string of the molecule is [CH2]c1ccc(C(O)c2ccc(Cl)nc2)c(Cc2ccc(N3N=CCNC3=O)cc2Cl)c1. The van der Waals surface area contributed by atoms with Crippen LogP contribution in [0.5, 0.6) is 0 Å². The highest BCUT2D eigenvalue weighted by atomic mass is 35.5. The number of amides is 2. The zero-order valence-electron chi connectivity index (χ0n) is 16.4. The second-order valence-corrected chi connectivity index (χ2v) is 7.89. The maximum atomic E-state index is 12.0. The van der Waals surface area contributed by atoms with Crippen molar-refractivity contribution in [3.8, 4) is 0 Å². The Balaban J connectivity index is 1.64. The van der Waals surface area contributed by atoms with Gasteiger partial charge in [0.15, 0.2) is 0 Å². The average molecular weight is 454 g/mol. The summed E-state index contributed by atoms with van der Waals surface area (Å²) in [6.07, 6.45) is 2.78. The molecule has 0 saturated heterocycles. The summed E-state index contributed by atoms with van der Waals surface area (Å²) < 4.78 is 0. The molecular formula is C23H19Cl2N4O2. The first-order valence-corrected chi connectivity index (χ1v) is 10.3. The minimum atomic E-state index is -0.871. The molecule has 1 aliphatic heterocycles. The van der Waals surface area contributed by atoms with E-state index in [1.165, 1.54) is 5.01 Å². The normalized spacial score (nSPS) is 14.5. The molecule has 1 atom stereocenters. The van der Waals surface area contributed by atoms with E-state index in [4.69, 9.17) is 23.2 Å². The van der Waals surface area contributed by atoms with E-state index in [2.05, 4.69) is 22.3 Å². The monoisotopic (exact) mass is 453 g/mol. The molecule has 31 heavy (non-hydrogen) atoms. The Hall–Kier alpha value is -2.93. The molecule has 0 aliphatic carbocycles. The summed E-state index contributed by atoms with van der Waals surface area (Å²) in [5.41, 5.74) is 4.50.